The first-order chi connectivity index (χ1) is 16.5. The van der Waals surface area contributed by atoms with Crippen LogP contribution in [-0.2, 0) is 6.42 Å². The van der Waals surface area contributed by atoms with Gasteiger partial charge in [-0.05, 0) is 49.6 Å². The van der Waals surface area contributed by atoms with Crippen LogP contribution in [0.25, 0.3) is 21.8 Å². The van der Waals surface area contributed by atoms with Gasteiger partial charge >= 0.3 is 0 Å². The molecule has 0 radical (unpaired) electrons. The SMILES string of the molecule is COc1ccccc1-c1nc(C(=O)N(C)CCCCCc2cc(-c3cccc(F)c3)n[nH]2)cs1. The summed E-state index contributed by atoms with van der Waals surface area (Å²) in [6.45, 7) is 0.665. The van der Waals surface area contributed by atoms with Crippen LogP contribution in [0.15, 0.2) is 60.0 Å². The van der Waals surface area contributed by atoms with Gasteiger partial charge in [0.25, 0.3) is 5.91 Å². The Morgan fingerprint density at radius 3 is 2.79 bits per heavy atom. The van der Waals surface area contributed by atoms with Crippen molar-refractivity contribution < 1.29 is 13.9 Å². The first-order valence-electron chi connectivity index (χ1n) is 11.2. The molecule has 0 aliphatic carbocycles. The van der Waals surface area contributed by atoms with Crippen molar-refractivity contribution in [3.8, 4) is 27.6 Å². The number of thiazole rings is 1. The highest BCUT2D eigenvalue weighted by atomic mass is 32.1. The average Bonchev–Trinajstić information content (AvgIpc) is 3.53. The molecule has 0 fully saturated rings. The van der Waals surface area contributed by atoms with E-state index in [2.05, 4.69) is 15.2 Å². The first kappa shape index (κ1) is 23.6. The number of aromatic amines is 1. The summed E-state index contributed by atoms with van der Waals surface area (Å²) >= 11 is 1.44. The van der Waals surface area contributed by atoms with E-state index >= 15 is 0 Å². The molecule has 2 aromatic carbocycles. The molecule has 2 heterocycles. The Kier molecular flexibility index (Phi) is 7.69. The molecule has 2 aromatic heterocycles. The second kappa shape index (κ2) is 11.1. The van der Waals surface area contributed by atoms with E-state index in [9.17, 15) is 9.18 Å². The van der Waals surface area contributed by atoms with Gasteiger partial charge in [0.15, 0.2) is 0 Å². The summed E-state index contributed by atoms with van der Waals surface area (Å²) < 4.78 is 18.8. The fourth-order valence-electron chi connectivity index (χ4n) is 3.74. The van der Waals surface area contributed by atoms with Gasteiger partial charge in [0.1, 0.15) is 22.3 Å². The summed E-state index contributed by atoms with van der Waals surface area (Å²) in [7, 11) is 3.44. The van der Waals surface area contributed by atoms with Crippen molar-refractivity contribution in [2.24, 2.45) is 0 Å². The Labute approximate surface area is 202 Å². The predicted molar refractivity (Wildman–Crippen MR) is 133 cm³/mol. The Morgan fingerprint density at radius 1 is 1.12 bits per heavy atom. The van der Waals surface area contributed by atoms with Crippen molar-refractivity contribution in [2.45, 2.75) is 25.7 Å². The van der Waals surface area contributed by atoms with Crippen molar-refractivity contribution in [3.63, 3.8) is 0 Å². The van der Waals surface area contributed by atoms with Crippen LogP contribution in [0.1, 0.15) is 35.4 Å². The van der Waals surface area contributed by atoms with E-state index in [0.717, 1.165) is 59.0 Å². The van der Waals surface area contributed by atoms with Crippen molar-refractivity contribution in [3.05, 3.63) is 77.2 Å². The van der Waals surface area contributed by atoms with Crippen molar-refractivity contribution >= 4 is 17.2 Å². The number of amides is 1. The maximum Gasteiger partial charge on any atom is 0.273 e. The largest absolute Gasteiger partial charge is 0.496 e. The van der Waals surface area contributed by atoms with Gasteiger partial charge in [-0.1, -0.05) is 30.7 Å². The topological polar surface area (TPSA) is 71.1 Å². The third-order valence-corrected chi connectivity index (χ3v) is 6.47. The lowest BCUT2D eigenvalue weighted by Gasteiger charge is -2.15. The van der Waals surface area contributed by atoms with Gasteiger partial charge in [-0.3, -0.25) is 9.89 Å². The number of rotatable bonds is 10. The van der Waals surface area contributed by atoms with E-state index in [4.69, 9.17) is 4.74 Å². The highest BCUT2D eigenvalue weighted by Crippen LogP contribution is 2.32. The number of halogens is 1. The number of hydrogen-bond acceptors (Lipinski definition) is 5. The molecule has 1 amide bonds. The number of para-hydroxylation sites is 1. The molecule has 4 aromatic rings. The molecule has 0 aliphatic rings. The van der Waals surface area contributed by atoms with E-state index in [1.54, 1.807) is 23.5 Å². The van der Waals surface area contributed by atoms with Crippen molar-refractivity contribution in [1.82, 2.24) is 20.1 Å². The standard InChI is InChI=1S/C26H27FN4O2S/c1-31(26(32)23-17-34-25(28-23)21-12-5-6-13-24(21)33-2)14-7-3-4-11-20-16-22(30-29-20)18-9-8-10-19(27)15-18/h5-6,8-10,12-13,15-17H,3-4,7,11,14H2,1-2H3,(H,29,30). The monoisotopic (exact) mass is 478 g/mol. The van der Waals surface area contributed by atoms with Crippen LogP contribution < -0.4 is 4.74 Å². The van der Waals surface area contributed by atoms with Crippen molar-refractivity contribution in [1.29, 1.82) is 0 Å². The number of hydrogen-bond donors (Lipinski definition) is 1. The number of nitrogens with zero attached hydrogens (tertiary/aromatic N) is 3. The zero-order chi connectivity index (χ0) is 23.9. The van der Waals surface area contributed by atoms with Gasteiger partial charge in [0.05, 0.1) is 18.4 Å². The molecule has 0 saturated heterocycles. The quantitative estimate of drug-likeness (QED) is 0.291. The molecular formula is C26H27FN4O2S. The highest BCUT2D eigenvalue weighted by molar-refractivity contribution is 7.13. The molecule has 176 valence electrons. The van der Waals surface area contributed by atoms with E-state index in [0.29, 0.717) is 12.2 Å². The minimum Gasteiger partial charge on any atom is -0.496 e. The van der Waals surface area contributed by atoms with Crippen molar-refractivity contribution in [2.75, 3.05) is 20.7 Å². The summed E-state index contributed by atoms with van der Waals surface area (Å²) in [5.74, 6) is 0.393. The number of carbonyl (C=O) groups is 1. The number of benzene rings is 2. The molecule has 8 heteroatoms. The normalized spacial score (nSPS) is 10.9. The van der Waals surface area contributed by atoms with Gasteiger partial charge in [0.2, 0.25) is 0 Å². The fourth-order valence-corrected chi connectivity index (χ4v) is 4.56. The summed E-state index contributed by atoms with van der Waals surface area (Å²) in [5, 5.41) is 9.89. The molecule has 0 saturated carbocycles. The van der Waals surface area contributed by atoms with Gasteiger partial charge in [-0.25, -0.2) is 9.37 Å². The fraction of sp³-hybridized carbons (Fsp3) is 0.269. The van der Waals surface area contributed by atoms with Crippen LogP contribution in [0, 0.1) is 5.82 Å². The molecule has 0 atom stereocenters. The molecule has 0 unspecified atom stereocenters. The van der Waals surface area contributed by atoms with E-state index in [1.807, 2.05) is 43.4 Å². The van der Waals surface area contributed by atoms with Crippen LogP contribution in [0.4, 0.5) is 4.39 Å². The summed E-state index contributed by atoms with van der Waals surface area (Å²) in [6.07, 6.45) is 3.71. The number of aromatic nitrogens is 3. The number of aryl methyl sites for hydroxylation is 1. The van der Waals surface area contributed by atoms with E-state index in [1.165, 1.54) is 23.5 Å². The molecule has 0 bridgehead atoms. The predicted octanol–water partition coefficient (Wildman–Crippen LogP) is 5.83. The molecule has 4 rings (SSSR count). The Bertz CT molecular complexity index is 1250. The minimum atomic E-state index is -0.269. The molecule has 34 heavy (non-hydrogen) atoms. The molecule has 6 nitrogen and oxygen atoms in total. The molecule has 1 N–H and O–H groups in total. The summed E-state index contributed by atoms with van der Waals surface area (Å²) in [5.41, 5.74) is 3.87. The third-order valence-electron chi connectivity index (χ3n) is 5.60. The lowest BCUT2D eigenvalue weighted by molar-refractivity contribution is 0.0787. The maximum absolute atomic E-state index is 13.4. The number of nitrogens with one attached hydrogen (secondary N) is 1. The summed E-state index contributed by atoms with van der Waals surface area (Å²) in [4.78, 5) is 19.1. The Morgan fingerprint density at radius 2 is 1.97 bits per heavy atom. The zero-order valence-electron chi connectivity index (χ0n) is 19.3. The van der Waals surface area contributed by atoms with Crippen LogP contribution in [0.3, 0.4) is 0 Å². The minimum absolute atomic E-state index is 0.0781. The zero-order valence-corrected chi connectivity index (χ0v) is 20.1. The number of H-pyrrole nitrogens is 1. The highest BCUT2D eigenvalue weighted by Gasteiger charge is 2.17. The smallest absolute Gasteiger partial charge is 0.273 e. The van der Waals surface area contributed by atoms with Gasteiger partial charge < -0.3 is 9.64 Å². The number of carbonyl (C=O) groups excluding carboxylic acids is 1. The van der Waals surface area contributed by atoms with Gasteiger partial charge in [-0.15, -0.1) is 11.3 Å². The van der Waals surface area contributed by atoms with Crippen LogP contribution >= 0.6 is 11.3 Å². The Balaban J connectivity index is 1.23. The first-order valence-corrected chi connectivity index (χ1v) is 12.1. The summed E-state index contributed by atoms with van der Waals surface area (Å²) in [6, 6.07) is 16.1. The third kappa shape index (κ3) is 5.69. The lowest BCUT2D eigenvalue weighted by Crippen LogP contribution is -2.28. The van der Waals surface area contributed by atoms with Crippen LogP contribution in [0.5, 0.6) is 5.75 Å². The van der Waals surface area contributed by atoms with Crippen LogP contribution in [-0.4, -0.2) is 46.7 Å². The second-order valence-corrected chi connectivity index (χ2v) is 8.92. The number of methoxy groups -OCH3 is 1. The number of unbranched alkanes of at least 4 members (excludes halogenated alkanes) is 2. The molecule has 0 spiro atoms. The second-order valence-electron chi connectivity index (χ2n) is 8.06. The molecule has 0 aliphatic heterocycles. The van der Waals surface area contributed by atoms with E-state index in [-0.39, 0.29) is 11.7 Å². The maximum atomic E-state index is 13.4. The Hall–Kier alpha value is -3.52. The lowest BCUT2D eigenvalue weighted by atomic mass is 10.1. The van der Waals surface area contributed by atoms with Gasteiger partial charge in [-0.2, -0.15) is 5.10 Å². The number of ether oxygens (including phenoxy) is 1. The average molecular weight is 479 g/mol. The van der Waals surface area contributed by atoms with Gasteiger partial charge in [0, 0.05) is 30.2 Å². The van der Waals surface area contributed by atoms with E-state index < -0.39 is 0 Å². The van der Waals surface area contributed by atoms with Crippen LogP contribution in [0.2, 0.25) is 0 Å². The molecular weight excluding hydrogens is 451 g/mol.